The van der Waals surface area contributed by atoms with E-state index in [1.165, 1.54) is 17.0 Å². The molecule has 0 saturated heterocycles. The van der Waals surface area contributed by atoms with E-state index in [1.54, 1.807) is 6.07 Å². The largest absolute Gasteiger partial charge is 0.452 e. The monoisotopic (exact) mass is 353 g/mol. The van der Waals surface area contributed by atoms with Crippen LogP contribution in [0.4, 0.5) is 0 Å². The highest BCUT2D eigenvalue weighted by atomic mass is 35.5. The fourth-order valence-electron chi connectivity index (χ4n) is 1.71. The first-order chi connectivity index (χ1) is 11.0. The Morgan fingerprint density at radius 2 is 1.61 bits per heavy atom. The maximum absolute atomic E-state index is 12.0. The number of rotatable bonds is 7. The smallest absolute Gasteiger partial charge is 0.341 e. The number of halogens is 2. The molecule has 0 unspecified atom stereocenters. The lowest BCUT2D eigenvalue weighted by Gasteiger charge is -2.20. The van der Waals surface area contributed by atoms with Gasteiger partial charge in [-0.2, -0.15) is 10.5 Å². The molecule has 0 N–H and O–H groups in total. The number of nitrogens with zero attached hydrogens (tertiary/aromatic N) is 3. The first-order valence-electron chi connectivity index (χ1n) is 6.64. The molecule has 0 atom stereocenters. The number of carbonyl (C=O) groups is 2. The van der Waals surface area contributed by atoms with E-state index >= 15 is 0 Å². The van der Waals surface area contributed by atoms with Crippen LogP contribution in [0.25, 0.3) is 0 Å². The second-order valence-corrected chi connectivity index (χ2v) is 5.18. The third-order valence-electron chi connectivity index (χ3n) is 2.83. The van der Waals surface area contributed by atoms with Gasteiger partial charge in [-0.05, 0) is 12.1 Å². The standard InChI is InChI=1S/C15H13Cl2N3O3/c16-11-4-1-5-12(17)14(11)15(22)23-10-13(21)20(8-2-6-18)9-3-7-19/h1,4-5H,2-3,8-10H2. The van der Waals surface area contributed by atoms with Crippen molar-refractivity contribution >= 4 is 35.1 Å². The van der Waals surface area contributed by atoms with E-state index in [4.69, 9.17) is 38.5 Å². The molecule has 1 aromatic carbocycles. The molecule has 6 nitrogen and oxygen atoms in total. The van der Waals surface area contributed by atoms with Gasteiger partial charge in [0.05, 0.1) is 40.6 Å². The molecule has 0 fully saturated rings. The Hall–Kier alpha value is -2.28. The van der Waals surface area contributed by atoms with Crippen LogP contribution in [0.5, 0.6) is 0 Å². The average Bonchev–Trinajstić information content (AvgIpc) is 2.52. The highest BCUT2D eigenvalue weighted by Gasteiger charge is 2.19. The summed E-state index contributed by atoms with van der Waals surface area (Å²) in [7, 11) is 0. The van der Waals surface area contributed by atoms with Crippen molar-refractivity contribution in [2.45, 2.75) is 12.8 Å². The Kier molecular flexibility index (Phi) is 7.90. The molecule has 23 heavy (non-hydrogen) atoms. The predicted molar refractivity (Wildman–Crippen MR) is 83.8 cm³/mol. The Morgan fingerprint density at radius 1 is 1.09 bits per heavy atom. The van der Waals surface area contributed by atoms with Gasteiger partial charge in [0.1, 0.15) is 0 Å². The second-order valence-electron chi connectivity index (χ2n) is 4.37. The molecule has 1 rings (SSSR count). The van der Waals surface area contributed by atoms with Crippen molar-refractivity contribution in [2.24, 2.45) is 0 Å². The van der Waals surface area contributed by atoms with Crippen molar-refractivity contribution < 1.29 is 14.3 Å². The molecule has 0 saturated carbocycles. The predicted octanol–water partition coefficient (Wildman–Crippen LogP) is 2.81. The molecule has 1 amide bonds. The van der Waals surface area contributed by atoms with Crippen molar-refractivity contribution in [2.75, 3.05) is 19.7 Å². The van der Waals surface area contributed by atoms with Crippen molar-refractivity contribution in [3.05, 3.63) is 33.8 Å². The summed E-state index contributed by atoms with van der Waals surface area (Å²) < 4.78 is 4.93. The molecule has 0 heterocycles. The van der Waals surface area contributed by atoms with E-state index in [9.17, 15) is 9.59 Å². The first kappa shape index (κ1) is 18.8. The lowest BCUT2D eigenvalue weighted by atomic mass is 10.2. The van der Waals surface area contributed by atoms with E-state index in [0.717, 1.165) is 0 Å². The summed E-state index contributed by atoms with van der Waals surface area (Å²) >= 11 is 11.8. The summed E-state index contributed by atoms with van der Waals surface area (Å²) in [6.07, 6.45) is 0.253. The van der Waals surface area contributed by atoms with Gasteiger partial charge in [0, 0.05) is 13.1 Å². The molecule has 0 bridgehead atoms. The van der Waals surface area contributed by atoms with E-state index in [-0.39, 0.29) is 41.5 Å². The SMILES string of the molecule is N#CCCN(CCC#N)C(=O)COC(=O)c1c(Cl)cccc1Cl. The molecule has 0 radical (unpaired) electrons. The minimum Gasteiger partial charge on any atom is -0.452 e. The molecule has 0 spiro atoms. The fraction of sp³-hybridized carbons (Fsp3) is 0.333. The topological polar surface area (TPSA) is 94.2 Å². The second kappa shape index (κ2) is 9.68. The quantitative estimate of drug-likeness (QED) is 0.702. The summed E-state index contributed by atoms with van der Waals surface area (Å²) in [5.74, 6) is -1.30. The van der Waals surface area contributed by atoms with Gasteiger partial charge < -0.3 is 9.64 Å². The number of carbonyl (C=O) groups excluding carboxylic acids is 2. The summed E-state index contributed by atoms with van der Waals surface area (Å²) in [5, 5.41) is 17.4. The Morgan fingerprint density at radius 3 is 2.09 bits per heavy atom. The van der Waals surface area contributed by atoms with Crippen molar-refractivity contribution in [3.8, 4) is 12.1 Å². The van der Waals surface area contributed by atoms with Gasteiger partial charge in [-0.1, -0.05) is 29.3 Å². The highest BCUT2D eigenvalue weighted by Crippen LogP contribution is 2.24. The van der Waals surface area contributed by atoms with Crippen LogP contribution in [0.15, 0.2) is 18.2 Å². The molecule has 1 aromatic rings. The number of ether oxygens (including phenoxy) is 1. The van der Waals surface area contributed by atoms with E-state index < -0.39 is 18.5 Å². The molecule has 0 aliphatic heterocycles. The maximum atomic E-state index is 12.0. The molecule has 8 heteroatoms. The summed E-state index contributed by atoms with van der Waals surface area (Å²) in [6.45, 7) is -0.180. The Balaban J connectivity index is 2.67. The number of hydrogen-bond acceptors (Lipinski definition) is 5. The third-order valence-corrected chi connectivity index (χ3v) is 3.46. The minimum absolute atomic E-state index is 0.00997. The van der Waals surface area contributed by atoms with Crippen molar-refractivity contribution in [1.29, 1.82) is 10.5 Å². The van der Waals surface area contributed by atoms with Gasteiger partial charge in [-0.3, -0.25) is 4.79 Å². The summed E-state index contributed by atoms with van der Waals surface area (Å²) in [4.78, 5) is 25.3. The number of hydrogen-bond donors (Lipinski definition) is 0. The van der Waals surface area contributed by atoms with Crippen LogP contribution in [0.3, 0.4) is 0 Å². The molecule has 120 valence electrons. The van der Waals surface area contributed by atoms with Crippen LogP contribution < -0.4 is 0 Å². The Labute approximate surface area is 143 Å². The number of amides is 1. The molecule has 0 aliphatic carbocycles. The lowest BCUT2D eigenvalue weighted by Crippen LogP contribution is -2.36. The molecule has 0 aromatic heterocycles. The van der Waals surface area contributed by atoms with E-state index in [1.807, 2.05) is 12.1 Å². The Bertz CT molecular complexity index is 627. The van der Waals surface area contributed by atoms with Crippen LogP contribution >= 0.6 is 23.2 Å². The maximum Gasteiger partial charge on any atom is 0.341 e. The zero-order valence-electron chi connectivity index (χ0n) is 12.1. The molecular weight excluding hydrogens is 341 g/mol. The van der Waals surface area contributed by atoms with Crippen LogP contribution in [0.2, 0.25) is 10.0 Å². The average molecular weight is 354 g/mol. The van der Waals surface area contributed by atoms with Gasteiger partial charge in [0.25, 0.3) is 5.91 Å². The van der Waals surface area contributed by atoms with Crippen LogP contribution in [-0.4, -0.2) is 36.5 Å². The third kappa shape index (κ3) is 5.78. The molecular formula is C15H13Cl2N3O3. The zero-order chi connectivity index (χ0) is 17.2. The van der Waals surface area contributed by atoms with Crippen molar-refractivity contribution in [3.63, 3.8) is 0 Å². The number of nitriles is 2. The van der Waals surface area contributed by atoms with Crippen molar-refractivity contribution in [1.82, 2.24) is 4.90 Å². The van der Waals surface area contributed by atoms with Gasteiger partial charge in [0.2, 0.25) is 0 Å². The first-order valence-corrected chi connectivity index (χ1v) is 7.39. The summed E-state index contributed by atoms with van der Waals surface area (Å²) in [6, 6.07) is 8.38. The van der Waals surface area contributed by atoms with Gasteiger partial charge in [-0.25, -0.2) is 4.79 Å². The number of benzene rings is 1. The lowest BCUT2D eigenvalue weighted by molar-refractivity contribution is -0.134. The fourth-order valence-corrected chi connectivity index (χ4v) is 2.27. The van der Waals surface area contributed by atoms with E-state index in [2.05, 4.69) is 0 Å². The number of esters is 1. The van der Waals surface area contributed by atoms with E-state index in [0.29, 0.717) is 0 Å². The van der Waals surface area contributed by atoms with Gasteiger partial charge >= 0.3 is 5.97 Å². The zero-order valence-corrected chi connectivity index (χ0v) is 13.6. The van der Waals surface area contributed by atoms with Gasteiger partial charge in [0.15, 0.2) is 6.61 Å². The summed E-state index contributed by atoms with van der Waals surface area (Å²) in [5.41, 5.74) is -0.00997. The van der Waals surface area contributed by atoms with Gasteiger partial charge in [-0.15, -0.1) is 0 Å². The molecule has 0 aliphatic rings. The van der Waals surface area contributed by atoms with Crippen LogP contribution in [-0.2, 0) is 9.53 Å². The normalized spacial score (nSPS) is 9.57. The highest BCUT2D eigenvalue weighted by molar-refractivity contribution is 6.39. The minimum atomic E-state index is -0.811. The van der Waals surface area contributed by atoms with Crippen LogP contribution in [0.1, 0.15) is 23.2 Å². The van der Waals surface area contributed by atoms with Crippen LogP contribution in [0, 0.1) is 22.7 Å².